The van der Waals surface area contributed by atoms with Crippen molar-refractivity contribution < 1.29 is 27.4 Å². The lowest BCUT2D eigenvalue weighted by molar-refractivity contribution is -0.138. The molecule has 1 aromatic heterocycles. The number of ether oxygens (including phenoxy) is 2. The quantitative estimate of drug-likeness (QED) is 0.525. The molecule has 31 heavy (non-hydrogen) atoms. The average molecular weight is 447 g/mol. The van der Waals surface area contributed by atoms with Gasteiger partial charge in [0.25, 0.3) is 5.91 Å². The van der Waals surface area contributed by atoms with Gasteiger partial charge < -0.3 is 14.4 Å². The van der Waals surface area contributed by atoms with Crippen LogP contribution in [0.5, 0.6) is 11.5 Å². The molecule has 2 heterocycles. The van der Waals surface area contributed by atoms with E-state index in [1.165, 1.54) is 41.5 Å². The zero-order valence-electron chi connectivity index (χ0n) is 16.9. The van der Waals surface area contributed by atoms with Crippen LogP contribution in [0, 0.1) is 0 Å². The summed E-state index contributed by atoms with van der Waals surface area (Å²) in [5.41, 5.74) is 0.525. The van der Waals surface area contributed by atoms with E-state index in [2.05, 4.69) is 0 Å². The molecular formula is C23H20F3NO3S. The van der Waals surface area contributed by atoms with Crippen LogP contribution in [-0.4, -0.2) is 31.6 Å². The maximum absolute atomic E-state index is 13.6. The first-order valence-electron chi connectivity index (χ1n) is 9.60. The van der Waals surface area contributed by atoms with Gasteiger partial charge in [0.05, 0.1) is 31.4 Å². The number of carbonyl (C=O) groups excluding carboxylic acids is 1. The van der Waals surface area contributed by atoms with Gasteiger partial charge in [-0.1, -0.05) is 18.2 Å². The largest absolute Gasteiger partial charge is 0.493 e. The SMILES string of the molecule is COc1cc2c(cc1OC)[C@@H](c1cccs1)N(C(=O)c1ccccc1C(F)(F)F)CC2. The van der Waals surface area contributed by atoms with Crippen molar-refractivity contribution in [3.8, 4) is 11.5 Å². The van der Waals surface area contributed by atoms with Gasteiger partial charge in [-0.2, -0.15) is 13.2 Å². The second-order valence-corrected chi connectivity index (χ2v) is 8.10. The highest BCUT2D eigenvalue weighted by atomic mass is 32.1. The number of methoxy groups -OCH3 is 2. The van der Waals surface area contributed by atoms with Crippen LogP contribution in [0.4, 0.5) is 13.2 Å². The molecule has 4 rings (SSSR count). The summed E-state index contributed by atoms with van der Waals surface area (Å²) in [6.45, 7) is 0.288. The van der Waals surface area contributed by atoms with Crippen LogP contribution in [0.2, 0.25) is 0 Å². The van der Waals surface area contributed by atoms with Gasteiger partial charge in [-0.25, -0.2) is 0 Å². The molecule has 1 aliphatic heterocycles. The fourth-order valence-electron chi connectivity index (χ4n) is 3.99. The number of halogens is 3. The smallest absolute Gasteiger partial charge is 0.417 e. The first-order chi connectivity index (χ1) is 14.8. The third-order valence-electron chi connectivity index (χ3n) is 5.41. The van der Waals surface area contributed by atoms with Crippen LogP contribution in [0.3, 0.4) is 0 Å². The van der Waals surface area contributed by atoms with E-state index < -0.39 is 23.7 Å². The monoisotopic (exact) mass is 447 g/mol. The second-order valence-electron chi connectivity index (χ2n) is 7.12. The molecule has 0 radical (unpaired) electrons. The number of hydrogen-bond acceptors (Lipinski definition) is 4. The summed E-state index contributed by atoms with van der Waals surface area (Å²) >= 11 is 1.45. The van der Waals surface area contributed by atoms with Crippen molar-refractivity contribution in [3.63, 3.8) is 0 Å². The van der Waals surface area contributed by atoms with Gasteiger partial charge in [-0.05, 0) is 53.3 Å². The number of nitrogens with zero attached hydrogens (tertiary/aromatic N) is 1. The number of amides is 1. The number of fused-ring (bicyclic) bond motifs is 1. The third-order valence-corrected chi connectivity index (χ3v) is 6.33. The van der Waals surface area contributed by atoms with Crippen LogP contribution in [0.15, 0.2) is 53.9 Å². The summed E-state index contributed by atoms with van der Waals surface area (Å²) in [5.74, 6) is 0.438. The maximum Gasteiger partial charge on any atom is 0.417 e. The van der Waals surface area contributed by atoms with Gasteiger partial charge in [-0.3, -0.25) is 4.79 Å². The highest BCUT2D eigenvalue weighted by molar-refractivity contribution is 7.10. The molecule has 0 spiro atoms. The molecule has 0 bridgehead atoms. The lowest BCUT2D eigenvalue weighted by Gasteiger charge is -2.38. The van der Waals surface area contributed by atoms with E-state index in [1.54, 1.807) is 7.11 Å². The normalized spacial score (nSPS) is 16.0. The van der Waals surface area contributed by atoms with Crippen LogP contribution in [0.25, 0.3) is 0 Å². The number of carbonyl (C=O) groups is 1. The Balaban J connectivity index is 1.84. The minimum Gasteiger partial charge on any atom is -0.493 e. The number of alkyl halides is 3. The van der Waals surface area contributed by atoms with E-state index in [1.807, 2.05) is 29.6 Å². The molecule has 0 N–H and O–H groups in total. The average Bonchev–Trinajstić information content (AvgIpc) is 3.30. The number of hydrogen-bond donors (Lipinski definition) is 0. The summed E-state index contributed by atoms with van der Waals surface area (Å²) in [4.78, 5) is 15.8. The zero-order chi connectivity index (χ0) is 22.2. The fourth-order valence-corrected chi connectivity index (χ4v) is 4.84. The van der Waals surface area contributed by atoms with Gasteiger partial charge in [0.1, 0.15) is 0 Å². The summed E-state index contributed by atoms with van der Waals surface area (Å²) in [6.07, 6.45) is -4.12. The van der Waals surface area contributed by atoms with E-state index in [-0.39, 0.29) is 12.1 Å². The molecule has 1 atom stereocenters. The van der Waals surface area contributed by atoms with E-state index in [0.29, 0.717) is 17.9 Å². The third kappa shape index (κ3) is 3.87. The molecule has 0 aliphatic carbocycles. The molecule has 0 fully saturated rings. The van der Waals surface area contributed by atoms with Crippen LogP contribution < -0.4 is 9.47 Å². The fraction of sp³-hybridized carbons (Fsp3) is 0.261. The predicted octanol–water partition coefficient (Wildman–Crippen LogP) is 5.57. The van der Waals surface area contributed by atoms with Crippen molar-refractivity contribution in [3.05, 3.63) is 81.0 Å². The van der Waals surface area contributed by atoms with Gasteiger partial charge in [0.2, 0.25) is 0 Å². The van der Waals surface area contributed by atoms with Gasteiger partial charge in [-0.15, -0.1) is 11.3 Å². The lowest BCUT2D eigenvalue weighted by Crippen LogP contribution is -2.41. The highest BCUT2D eigenvalue weighted by Crippen LogP contribution is 2.43. The Hall–Kier alpha value is -3.00. The van der Waals surface area contributed by atoms with E-state index >= 15 is 0 Å². The van der Waals surface area contributed by atoms with Crippen molar-refractivity contribution in [1.29, 1.82) is 0 Å². The first-order valence-corrected chi connectivity index (χ1v) is 10.5. The topological polar surface area (TPSA) is 38.8 Å². The molecule has 2 aromatic carbocycles. The highest BCUT2D eigenvalue weighted by Gasteiger charge is 2.39. The molecule has 0 saturated heterocycles. The molecule has 8 heteroatoms. The van der Waals surface area contributed by atoms with Crippen LogP contribution in [0.1, 0.15) is 38.0 Å². The Kier molecular flexibility index (Phi) is 5.66. The van der Waals surface area contributed by atoms with Gasteiger partial charge in [0, 0.05) is 11.4 Å². The summed E-state index contributed by atoms with van der Waals surface area (Å²) in [6, 6.07) is 11.8. The second kappa shape index (κ2) is 8.26. The molecule has 3 aromatic rings. The minimum absolute atomic E-state index is 0.288. The van der Waals surface area contributed by atoms with Crippen LogP contribution in [-0.2, 0) is 12.6 Å². The van der Waals surface area contributed by atoms with Crippen molar-refractivity contribution in [2.75, 3.05) is 20.8 Å². The summed E-state index contributed by atoms with van der Waals surface area (Å²) in [5, 5.41) is 1.89. The maximum atomic E-state index is 13.6. The standard InChI is InChI=1S/C23H20F3NO3S/c1-29-18-12-14-9-10-27(22(28)15-6-3-4-7-17(15)23(24,25)26)21(20-8-5-11-31-20)16(14)13-19(18)30-2/h3-8,11-13,21H,9-10H2,1-2H3/t21-/m0/s1. The van der Waals surface area contributed by atoms with Crippen LogP contribution >= 0.6 is 11.3 Å². The minimum atomic E-state index is -4.62. The van der Waals surface area contributed by atoms with Gasteiger partial charge in [0.15, 0.2) is 11.5 Å². The zero-order valence-corrected chi connectivity index (χ0v) is 17.7. The number of rotatable bonds is 4. The molecule has 0 saturated carbocycles. The van der Waals surface area contributed by atoms with E-state index in [9.17, 15) is 18.0 Å². The summed E-state index contributed by atoms with van der Waals surface area (Å²) < 4.78 is 51.5. The van der Waals surface area contributed by atoms with Crippen molar-refractivity contribution >= 4 is 17.2 Å². The number of thiophene rings is 1. The Labute approximate surface area is 181 Å². The Morgan fingerprint density at radius 3 is 2.42 bits per heavy atom. The van der Waals surface area contributed by atoms with Crippen molar-refractivity contribution in [1.82, 2.24) is 4.90 Å². The molecule has 4 nitrogen and oxygen atoms in total. The molecule has 0 unspecified atom stereocenters. The Morgan fingerprint density at radius 2 is 1.77 bits per heavy atom. The Morgan fingerprint density at radius 1 is 1.06 bits per heavy atom. The molecule has 1 amide bonds. The van der Waals surface area contributed by atoms with E-state index in [4.69, 9.17) is 9.47 Å². The predicted molar refractivity (Wildman–Crippen MR) is 112 cm³/mol. The van der Waals surface area contributed by atoms with Crippen molar-refractivity contribution in [2.45, 2.75) is 18.6 Å². The summed E-state index contributed by atoms with van der Waals surface area (Å²) in [7, 11) is 3.07. The Bertz CT molecular complexity index is 1100. The number of benzene rings is 2. The molecular weight excluding hydrogens is 427 g/mol. The van der Waals surface area contributed by atoms with Crippen molar-refractivity contribution in [2.24, 2.45) is 0 Å². The van der Waals surface area contributed by atoms with E-state index in [0.717, 1.165) is 22.1 Å². The van der Waals surface area contributed by atoms with Gasteiger partial charge >= 0.3 is 6.18 Å². The lowest BCUT2D eigenvalue weighted by atomic mass is 9.90. The first kappa shape index (κ1) is 21.2. The molecule has 162 valence electrons. The molecule has 1 aliphatic rings.